The average molecular weight is 256 g/mol. The fraction of sp³-hybridized carbons (Fsp3) is 0.833. The lowest BCUT2D eigenvalue weighted by atomic mass is 10.5. The van der Waals surface area contributed by atoms with E-state index < -0.39 is 0 Å². The summed E-state index contributed by atoms with van der Waals surface area (Å²) in [5.74, 6) is 2.33. The third kappa shape index (κ3) is 3.25. The summed E-state index contributed by atoms with van der Waals surface area (Å²) >= 11 is 3.17. The molecule has 0 saturated carbocycles. The van der Waals surface area contributed by atoms with Crippen molar-refractivity contribution in [3.63, 3.8) is 0 Å². The Hall–Kier alpha value is 0.650. The molecule has 11 heavy (non-hydrogen) atoms. The monoisotopic (exact) mass is 255 g/mol. The molecule has 1 aliphatic heterocycles. The Labute approximate surface area is 83.0 Å². The second-order valence-electron chi connectivity index (χ2n) is 2.16. The van der Waals surface area contributed by atoms with Crippen LogP contribution in [0, 0.1) is 0 Å². The first-order valence-corrected chi connectivity index (χ1v) is 7.03. The SMILES string of the molecule is O=C(CBr)N1CCSSCC1. The molecule has 0 bridgehead atoms. The zero-order valence-corrected chi connectivity index (χ0v) is 9.30. The molecule has 1 fully saturated rings. The molecular formula is C6H10BrNOS2. The predicted octanol–water partition coefficient (Wildman–Crippen LogP) is 1.60. The Morgan fingerprint density at radius 1 is 1.36 bits per heavy atom. The van der Waals surface area contributed by atoms with E-state index >= 15 is 0 Å². The van der Waals surface area contributed by atoms with E-state index in [2.05, 4.69) is 15.9 Å². The minimum absolute atomic E-state index is 0.216. The van der Waals surface area contributed by atoms with Crippen molar-refractivity contribution in [3.8, 4) is 0 Å². The van der Waals surface area contributed by atoms with E-state index in [4.69, 9.17) is 0 Å². The van der Waals surface area contributed by atoms with Crippen molar-refractivity contribution in [1.29, 1.82) is 0 Å². The number of hydrogen-bond donors (Lipinski definition) is 0. The molecule has 0 spiro atoms. The lowest BCUT2D eigenvalue weighted by molar-refractivity contribution is -0.127. The quantitative estimate of drug-likeness (QED) is 0.525. The first-order chi connectivity index (χ1) is 5.34. The Kier molecular flexibility index (Phi) is 4.71. The molecule has 64 valence electrons. The van der Waals surface area contributed by atoms with Crippen molar-refractivity contribution in [2.24, 2.45) is 0 Å². The Morgan fingerprint density at radius 2 is 1.91 bits per heavy atom. The van der Waals surface area contributed by atoms with Gasteiger partial charge in [-0.3, -0.25) is 4.79 Å². The van der Waals surface area contributed by atoms with Gasteiger partial charge in [0.15, 0.2) is 0 Å². The highest BCUT2D eigenvalue weighted by molar-refractivity contribution is 9.09. The van der Waals surface area contributed by atoms with Crippen molar-refractivity contribution in [2.75, 3.05) is 29.9 Å². The molecule has 0 aliphatic carbocycles. The van der Waals surface area contributed by atoms with E-state index in [1.54, 1.807) is 0 Å². The fourth-order valence-electron chi connectivity index (χ4n) is 0.858. The number of hydrogen-bond acceptors (Lipinski definition) is 3. The summed E-state index contributed by atoms with van der Waals surface area (Å²) in [5.41, 5.74) is 0. The van der Waals surface area contributed by atoms with E-state index in [1.165, 1.54) is 0 Å². The van der Waals surface area contributed by atoms with Crippen LogP contribution in [0.2, 0.25) is 0 Å². The topological polar surface area (TPSA) is 20.3 Å². The molecule has 0 aromatic carbocycles. The summed E-state index contributed by atoms with van der Waals surface area (Å²) in [4.78, 5) is 13.1. The fourth-order valence-corrected chi connectivity index (χ4v) is 3.19. The molecular weight excluding hydrogens is 246 g/mol. The smallest absolute Gasteiger partial charge is 0.233 e. The molecule has 0 atom stereocenters. The van der Waals surface area contributed by atoms with E-state index in [-0.39, 0.29) is 5.91 Å². The van der Waals surface area contributed by atoms with Crippen LogP contribution in [0.1, 0.15) is 0 Å². The Morgan fingerprint density at radius 3 is 2.36 bits per heavy atom. The number of amides is 1. The molecule has 1 saturated heterocycles. The van der Waals surface area contributed by atoms with Crippen LogP contribution < -0.4 is 0 Å². The summed E-state index contributed by atoms with van der Waals surface area (Å²) in [6.07, 6.45) is 0. The molecule has 1 heterocycles. The van der Waals surface area contributed by atoms with Crippen molar-refractivity contribution in [1.82, 2.24) is 4.90 Å². The van der Waals surface area contributed by atoms with Gasteiger partial charge in [-0.05, 0) is 0 Å². The molecule has 0 N–H and O–H groups in total. The normalized spacial score (nSPS) is 19.5. The number of carbonyl (C=O) groups excluding carboxylic acids is 1. The zero-order chi connectivity index (χ0) is 8.10. The second kappa shape index (κ2) is 5.32. The van der Waals surface area contributed by atoms with Crippen LogP contribution in [-0.4, -0.2) is 40.7 Å². The average Bonchev–Trinajstić information content (AvgIpc) is 2.30. The summed E-state index contributed by atoms with van der Waals surface area (Å²) in [6, 6.07) is 0. The Bertz CT molecular complexity index is 137. The largest absolute Gasteiger partial charge is 0.340 e. The van der Waals surface area contributed by atoms with Gasteiger partial charge in [-0.15, -0.1) is 0 Å². The first kappa shape index (κ1) is 9.74. The molecule has 1 rings (SSSR count). The lowest BCUT2D eigenvalue weighted by Gasteiger charge is -2.17. The van der Waals surface area contributed by atoms with Gasteiger partial charge in [-0.2, -0.15) is 0 Å². The maximum absolute atomic E-state index is 11.2. The van der Waals surface area contributed by atoms with Gasteiger partial charge in [0.05, 0.1) is 5.33 Å². The number of carbonyl (C=O) groups is 1. The van der Waals surface area contributed by atoms with Gasteiger partial charge in [0.25, 0.3) is 0 Å². The van der Waals surface area contributed by atoms with Gasteiger partial charge in [-0.1, -0.05) is 37.5 Å². The maximum atomic E-state index is 11.2. The number of nitrogens with zero attached hydrogens (tertiary/aromatic N) is 1. The van der Waals surface area contributed by atoms with Crippen molar-refractivity contribution in [3.05, 3.63) is 0 Å². The van der Waals surface area contributed by atoms with Gasteiger partial charge >= 0.3 is 0 Å². The van der Waals surface area contributed by atoms with Crippen LogP contribution in [0.3, 0.4) is 0 Å². The standard InChI is InChI=1S/C6H10BrNOS2/c7-5-6(9)8-1-3-10-11-4-2-8/h1-5H2. The third-order valence-corrected chi connectivity index (χ3v) is 4.28. The van der Waals surface area contributed by atoms with Crippen LogP contribution in [0.4, 0.5) is 0 Å². The van der Waals surface area contributed by atoms with Gasteiger partial charge in [0.1, 0.15) is 0 Å². The maximum Gasteiger partial charge on any atom is 0.233 e. The molecule has 0 unspecified atom stereocenters. The van der Waals surface area contributed by atoms with Crippen LogP contribution in [0.5, 0.6) is 0 Å². The van der Waals surface area contributed by atoms with Gasteiger partial charge in [-0.25, -0.2) is 0 Å². The molecule has 5 heteroatoms. The molecule has 1 aliphatic rings. The first-order valence-electron chi connectivity index (χ1n) is 3.43. The molecule has 2 nitrogen and oxygen atoms in total. The van der Waals surface area contributed by atoms with Gasteiger partial charge < -0.3 is 4.90 Å². The van der Waals surface area contributed by atoms with Gasteiger partial charge in [0.2, 0.25) is 5.91 Å². The number of alkyl halides is 1. The molecule has 0 aromatic heterocycles. The van der Waals surface area contributed by atoms with Crippen molar-refractivity contribution >= 4 is 43.4 Å². The predicted molar refractivity (Wildman–Crippen MR) is 55.3 cm³/mol. The van der Waals surface area contributed by atoms with Crippen LogP contribution in [0.15, 0.2) is 0 Å². The molecule has 0 radical (unpaired) electrons. The molecule has 1 amide bonds. The van der Waals surface area contributed by atoms with E-state index in [9.17, 15) is 4.79 Å². The summed E-state index contributed by atoms with van der Waals surface area (Å²) in [5, 5.41) is 0.461. The summed E-state index contributed by atoms with van der Waals surface area (Å²) < 4.78 is 0. The summed E-state index contributed by atoms with van der Waals surface area (Å²) in [7, 11) is 3.71. The highest BCUT2D eigenvalue weighted by Gasteiger charge is 2.13. The van der Waals surface area contributed by atoms with Crippen molar-refractivity contribution in [2.45, 2.75) is 0 Å². The van der Waals surface area contributed by atoms with Crippen LogP contribution >= 0.6 is 37.5 Å². The lowest BCUT2D eigenvalue weighted by Crippen LogP contribution is -2.34. The highest BCUT2D eigenvalue weighted by atomic mass is 79.9. The van der Waals surface area contributed by atoms with E-state index in [0.29, 0.717) is 5.33 Å². The van der Waals surface area contributed by atoms with Crippen LogP contribution in [0.25, 0.3) is 0 Å². The third-order valence-electron chi connectivity index (χ3n) is 1.44. The zero-order valence-electron chi connectivity index (χ0n) is 6.09. The second-order valence-corrected chi connectivity index (χ2v) is 5.42. The Balaban J connectivity index is 2.36. The highest BCUT2D eigenvalue weighted by Crippen LogP contribution is 2.23. The van der Waals surface area contributed by atoms with E-state index in [1.807, 2.05) is 26.5 Å². The number of rotatable bonds is 1. The van der Waals surface area contributed by atoms with Crippen molar-refractivity contribution < 1.29 is 4.79 Å². The number of halogens is 1. The van der Waals surface area contributed by atoms with E-state index in [0.717, 1.165) is 24.6 Å². The van der Waals surface area contributed by atoms with Gasteiger partial charge in [0, 0.05) is 24.6 Å². The minimum atomic E-state index is 0.216. The molecule has 0 aromatic rings. The van der Waals surface area contributed by atoms with Crippen LogP contribution in [-0.2, 0) is 4.79 Å². The summed E-state index contributed by atoms with van der Waals surface area (Å²) in [6.45, 7) is 1.81. The minimum Gasteiger partial charge on any atom is -0.340 e.